The van der Waals surface area contributed by atoms with Crippen LogP contribution in [0.25, 0.3) is 10.4 Å². The molecule has 0 radical (unpaired) electrons. The molecule has 0 aliphatic carbocycles. The van der Waals surface area contributed by atoms with E-state index in [1.807, 2.05) is 0 Å². The number of hydrogen-bond acceptors (Lipinski definition) is 2. The summed E-state index contributed by atoms with van der Waals surface area (Å²) in [7, 11) is 0. The van der Waals surface area contributed by atoms with Crippen LogP contribution in [0.4, 0.5) is 5.69 Å². The van der Waals surface area contributed by atoms with Crippen LogP contribution in [0.15, 0.2) is 53.6 Å². The van der Waals surface area contributed by atoms with Gasteiger partial charge in [0.15, 0.2) is 5.78 Å². The lowest BCUT2D eigenvalue weighted by atomic mass is 10.0. The van der Waals surface area contributed by atoms with Crippen LogP contribution in [0.5, 0.6) is 0 Å². The summed E-state index contributed by atoms with van der Waals surface area (Å²) >= 11 is 5.77. The lowest BCUT2D eigenvalue weighted by Crippen LogP contribution is -2.00. The van der Waals surface area contributed by atoms with Crippen molar-refractivity contribution < 1.29 is 4.79 Å². The van der Waals surface area contributed by atoms with E-state index in [1.54, 1.807) is 48.5 Å². The van der Waals surface area contributed by atoms with Crippen molar-refractivity contribution in [2.24, 2.45) is 5.11 Å². The fourth-order valence-electron chi connectivity index (χ4n) is 1.56. The third-order valence-corrected chi connectivity index (χ3v) is 2.66. The van der Waals surface area contributed by atoms with Crippen molar-refractivity contribution in [1.29, 1.82) is 0 Å². The van der Waals surface area contributed by atoms with Gasteiger partial charge in [0.1, 0.15) is 0 Å². The molecular formula is C13H8ClN3O. The summed E-state index contributed by atoms with van der Waals surface area (Å²) < 4.78 is 0. The predicted octanol–water partition coefficient (Wildman–Crippen LogP) is 4.51. The largest absolute Gasteiger partial charge is 0.289 e. The maximum Gasteiger partial charge on any atom is 0.193 e. The predicted molar refractivity (Wildman–Crippen MR) is 70.1 cm³/mol. The van der Waals surface area contributed by atoms with E-state index in [1.165, 1.54) is 0 Å². The Bertz CT molecular complexity index is 631. The molecule has 0 unspecified atom stereocenters. The van der Waals surface area contributed by atoms with Gasteiger partial charge in [-0.25, -0.2) is 0 Å². The topological polar surface area (TPSA) is 65.8 Å². The number of ketones is 1. The number of azide groups is 1. The number of benzene rings is 2. The van der Waals surface area contributed by atoms with Crippen LogP contribution in [-0.4, -0.2) is 5.78 Å². The number of carbonyl (C=O) groups is 1. The minimum atomic E-state index is -0.199. The van der Waals surface area contributed by atoms with Gasteiger partial charge in [0, 0.05) is 26.7 Å². The van der Waals surface area contributed by atoms with Crippen molar-refractivity contribution in [2.45, 2.75) is 0 Å². The minimum absolute atomic E-state index is 0.199. The van der Waals surface area contributed by atoms with Gasteiger partial charge < -0.3 is 0 Å². The molecule has 0 bridgehead atoms. The summed E-state index contributed by atoms with van der Waals surface area (Å²) in [6.07, 6.45) is 0. The molecule has 0 spiro atoms. The monoisotopic (exact) mass is 257 g/mol. The van der Waals surface area contributed by atoms with Crippen LogP contribution >= 0.6 is 11.6 Å². The third kappa shape index (κ3) is 2.51. The average molecular weight is 258 g/mol. The molecule has 5 heteroatoms. The first kappa shape index (κ1) is 12.2. The zero-order valence-corrected chi connectivity index (χ0v) is 10.0. The highest BCUT2D eigenvalue weighted by Crippen LogP contribution is 2.22. The summed E-state index contributed by atoms with van der Waals surface area (Å²) in [5.41, 5.74) is 9.65. The molecule has 0 aromatic heterocycles. The Morgan fingerprint density at radius 2 is 1.78 bits per heavy atom. The fraction of sp³-hybridized carbons (Fsp3) is 0. The number of carbonyl (C=O) groups excluding carboxylic acids is 1. The van der Waals surface area contributed by atoms with Crippen LogP contribution < -0.4 is 0 Å². The summed E-state index contributed by atoms with van der Waals surface area (Å²) in [4.78, 5) is 14.9. The van der Waals surface area contributed by atoms with Crippen molar-refractivity contribution >= 4 is 23.1 Å². The van der Waals surface area contributed by atoms with Crippen LogP contribution in [-0.2, 0) is 0 Å². The van der Waals surface area contributed by atoms with E-state index >= 15 is 0 Å². The third-order valence-electron chi connectivity index (χ3n) is 2.41. The van der Waals surface area contributed by atoms with Crippen molar-refractivity contribution in [3.8, 4) is 0 Å². The second-order valence-corrected chi connectivity index (χ2v) is 3.98. The minimum Gasteiger partial charge on any atom is -0.289 e. The molecule has 0 saturated carbocycles. The first-order valence-electron chi connectivity index (χ1n) is 5.17. The molecule has 0 saturated heterocycles. The van der Waals surface area contributed by atoms with Gasteiger partial charge in [-0.15, -0.1) is 0 Å². The van der Waals surface area contributed by atoms with E-state index in [2.05, 4.69) is 10.0 Å². The summed E-state index contributed by atoms with van der Waals surface area (Å²) in [5, 5.41) is 4.07. The summed E-state index contributed by atoms with van der Waals surface area (Å²) in [6.45, 7) is 0. The molecule has 0 aliphatic heterocycles. The van der Waals surface area contributed by atoms with Gasteiger partial charge in [-0.2, -0.15) is 0 Å². The van der Waals surface area contributed by atoms with Gasteiger partial charge in [-0.05, 0) is 29.8 Å². The zero-order chi connectivity index (χ0) is 13.0. The van der Waals surface area contributed by atoms with E-state index in [-0.39, 0.29) is 5.78 Å². The smallest absolute Gasteiger partial charge is 0.193 e. The van der Waals surface area contributed by atoms with Crippen molar-refractivity contribution in [2.75, 3.05) is 0 Å². The van der Waals surface area contributed by atoms with Crippen molar-refractivity contribution in [3.63, 3.8) is 0 Å². The average Bonchev–Trinajstić information content (AvgIpc) is 2.40. The Morgan fingerprint density at radius 3 is 2.44 bits per heavy atom. The van der Waals surface area contributed by atoms with E-state index in [4.69, 9.17) is 17.1 Å². The van der Waals surface area contributed by atoms with Gasteiger partial charge in [-0.3, -0.25) is 4.79 Å². The molecule has 0 aliphatic rings. The molecule has 18 heavy (non-hydrogen) atoms. The highest BCUT2D eigenvalue weighted by atomic mass is 35.5. The van der Waals surface area contributed by atoms with Gasteiger partial charge in [0.2, 0.25) is 0 Å². The van der Waals surface area contributed by atoms with E-state index < -0.39 is 0 Å². The normalized spacial score (nSPS) is 9.61. The van der Waals surface area contributed by atoms with Gasteiger partial charge in [-0.1, -0.05) is 41.0 Å². The van der Waals surface area contributed by atoms with E-state index in [0.717, 1.165) is 0 Å². The zero-order valence-electron chi connectivity index (χ0n) is 9.25. The molecular weight excluding hydrogens is 250 g/mol. The summed E-state index contributed by atoms with van der Waals surface area (Å²) in [5.74, 6) is -0.199. The molecule has 0 fully saturated rings. The van der Waals surface area contributed by atoms with Crippen molar-refractivity contribution in [1.82, 2.24) is 0 Å². The van der Waals surface area contributed by atoms with Gasteiger partial charge in [0.25, 0.3) is 0 Å². The first-order valence-corrected chi connectivity index (χ1v) is 5.54. The highest BCUT2D eigenvalue weighted by molar-refractivity contribution is 6.30. The van der Waals surface area contributed by atoms with Crippen LogP contribution in [0.3, 0.4) is 0 Å². The molecule has 2 aromatic rings. The molecule has 88 valence electrons. The van der Waals surface area contributed by atoms with Crippen LogP contribution in [0.1, 0.15) is 15.9 Å². The number of hydrogen-bond donors (Lipinski definition) is 0. The Labute approximate surface area is 108 Å². The maximum absolute atomic E-state index is 12.2. The summed E-state index contributed by atoms with van der Waals surface area (Å²) in [6, 6.07) is 13.2. The van der Waals surface area contributed by atoms with Crippen LogP contribution in [0.2, 0.25) is 5.02 Å². The van der Waals surface area contributed by atoms with E-state index in [0.29, 0.717) is 21.8 Å². The molecule has 0 heterocycles. The lowest BCUT2D eigenvalue weighted by molar-refractivity contribution is 0.103. The molecule has 0 atom stereocenters. The Morgan fingerprint density at radius 1 is 1.11 bits per heavy atom. The van der Waals surface area contributed by atoms with Gasteiger partial charge >= 0.3 is 0 Å². The fourth-order valence-corrected chi connectivity index (χ4v) is 1.68. The number of rotatable bonds is 3. The standard InChI is InChI=1S/C13H8ClN3O/c14-10-7-5-9(6-8-10)13(18)11-3-1-2-4-12(11)16-17-15/h1-8H. The Hall–Kier alpha value is -2.29. The molecule has 0 N–H and O–H groups in total. The molecule has 0 amide bonds. The lowest BCUT2D eigenvalue weighted by Gasteiger charge is -2.04. The van der Waals surface area contributed by atoms with Crippen molar-refractivity contribution in [3.05, 3.63) is 75.1 Å². The van der Waals surface area contributed by atoms with Crippen LogP contribution in [0, 0.1) is 0 Å². The second kappa shape index (κ2) is 5.36. The molecule has 4 nitrogen and oxygen atoms in total. The van der Waals surface area contributed by atoms with E-state index in [9.17, 15) is 4.79 Å². The first-order chi connectivity index (χ1) is 8.72. The van der Waals surface area contributed by atoms with Gasteiger partial charge in [0.05, 0.1) is 0 Å². The number of halogens is 1. The highest BCUT2D eigenvalue weighted by Gasteiger charge is 2.12. The molecule has 2 rings (SSSR count). The Kier molecular flexibility index (Phi) is 3.63. The quantitative estimate of drug-likeness (QED) is 0.345. The maximum atomic E-state index is 12.2. The second-order valence-electron chi connectivity index (χ2n) is 3.54. The molecule has 2 aromatic carbocycles. The SMILES string of the molecule is [N-]=[N+]=Nc1ccccc1C(=O)c1ccc(Cl)cc1. The number of nitrogens with zero attached hydrogens (tertiary/aromatic N) is 3. The Balaban J connectivity index is 2.46.